The molecule has 2 aliphatic heterocycles. The highest BCUT2D eigenvalue weighted by atomic mass is 32.2. The Kier molecular flexibility index (Phi) is 8.11. The van der Waals surface area contributed by atoms with Gasteiger partial charge in [0.1, 0.15) is 5.76 Å². The molecular formula is C18H28F3N3O6S. The molecule has 2 saturated heterocycles. The van der Waals surface area contributed by atoms with Gasteiger partial charge in [0.05, 0.1) is 18.6 Å². The predicted octanol–water partition coefficient (Wildman–Crippen LogP) is 2.02. The van der Waals surface area contributed by atoms with E-state index in [1.54, 1.807) is 11.4 Å². The second-order valence-electron chi connectivity index (χ2n) is 7.94. The summed E-state index contributed by atoms with van der Waals surface area (Å²) in [7, 11) is -1.61. The summed E-state index contributed by atoms with van der Waals surface area (Å²) in [6, 6.07) is 1.92. The molecule has 0 radical (unpaired) electrons. The van der Waals surface area contributed by atoms with Gasteiger partial charge in [0.2, 0.25) is 10.0 Å². The van der Waals surface area contributed by atoms with Crippen LogP contribution in [-0.2, 0) is 26.1 Å². The zero-order chi connectivity index (χ0) is 23.4. The van der Waals surface area contributed by atoms with E-state index in [0.29, 0.717) is 6.61 Å². The second kappa shape index (κ2) is 9.84. The summed E-state index contributed by atoms with van der Waals surface area (Å²) in [5, 5.41) is 11.2. The lowest BCUT2D eigenvalue weighted by Gasteiger charge is -2.45. The van der Waals surface area contributed by atoms with E-state index in [1.165, 1.54) is 6.26 Å². The van der Waals surface area contributed by atoms with Gasteiger partial charge < -0.3 is 14.4 Å². The number of hydrogen-bond donors (Lipinski definition) is 1. The number of sulfonamides is 1. The van der Waals surface area contributed by atoms with E-state index in [9.17, 15) is 21.6 Å². The van der Waals surface area contributed by atoms with Gasteiger partial charge in [-0.05, 0) is 32.6 Å². The van der Waals surface area contributed by atoms with Crippen molar-refractivity contribution < 1.29 is 40.8 Å². The summed E-state index contributed by atoms with van der Waals surface area (Å²) in [6.45, 7) is 4.86. The number of rotatable bonds is 5. The highest BCUT2D eigenvalue weighted by molar-refractivity contribution is 7.88. The number of aliphatic carboxylic acids is 1. The first-order valence-corrected chi connectivity index (χ1v) is 11.6. The van der Waals surface area contributed by atoms with E-state index in [2.05, 4.69) is 10.1 Å². The van der Waals surface area contributed by atoms with Crippen molar-refractivity contribution in [2.45, 2.75) is 56.9 Å². The van der Waals surface area contributed by atoms with Crippen molar-refractivity contribution in [3.05, 3.63) is 17.5 Å². The van der Waals surface area contributed by atoms with Crippen LogP contribution in [0.2, 0.25) is 0 Å². The Labute approximate surface area is 179 Å². The Balaban J connectivity index is 0.000000423. The SMILES string of the molecule is COCC1CCC2(CCN(Cc3cc(C)on3)CC2)N1S(C)(=O)=O.O=C(O)C(F)(F)F. The molecule has 1 N–H and O–H groups in total. The number of ether oxygens (including phenoxy) is 1. The fourth-order valence-electron chi connectivity index (χ4n) is 4.34. The van der Waals surface area contributed by atoms with Gasteiger partial charge in [-0.1, -0.05) is 5.16 Å². The lowest BCUT2D eigenvalue weighted by molar-refractivity contribution is -0.192. The van der Waals surface area contributed by atoms with Crippen LogP contribution in [0.1, 0.15) is 37.1 Å². The summed E-state index contributed by atoms with van der Waals surface area (Å²) in [4.78, 5) is 11.2. The van der Waals surface area contributed by atoms with Crippen molar-refractivity contribution in [3.63, 3.8) is 0 Å². The molecule has 1 unspecified atom stereocenters. The number of hydrogen-bond acceptors (Lipinski definition) is 7. The number of piperidine rings is 1. The predicted molar refractivity (Wildman–Crippen MR) is 104 cm³/mol. The summed E-state index contributed by atoms with van der Waals surface area (Å²) < 4.78 is 68.7. The number of carbonyl (C=O) groups is 1. The molecule has 1 atom stereocenters. The van der Waals surface area contributed by atoms with Gasteiger partial charge in [0.25, 0.3) is 0 Å². The van der Waals surface area contributed by atoms with E-state index in [-0.39, 0.29) is 11.6 Å². The Morgan fingerprint density at radius 1 is 1.35 bits per heavy atom. The zero-order valence-electron chi connectivity index (χ0n) is 17.7. The summed E-state index contributed by atoms with van der Waals surface area (Å²) >= 11 is 0. The minimum absolute atomic E-state index is 0.0326. The smallest absolute Gasteiger partial charge is 0.475 e. The average Bonchev–Trinajstić information content (AvgIpc) is 3.21. The van der Waals surface area contributed by atoms with Crippen LogP contribution in [0.25, 0.3) is 0 Å². The Hall–Kier alpha value is -1.70. The summed E-state index contributed by atoms with van der Waals surface area (Å²) in [5.74, 6) is -1.94. The molecule has 2 aliphatic rings. The van der Waals surface area contributed by atoms with Gasteiger partial charge in [0, 0.05) is 44.4 Å². The quantitative estimate of drug-likeness (QED) is 0.694. The van der Waals surface area contributed by atoms with E-state index < -0.39 is 22.2 Å². The number of methoxy groups -OCH3 is 1. The maximum Gasteiger partial charge on any atom is 0.490 e. The maximum atomic E-state index is 12.4. The third kappa shape index (κ3) is 6.64. The van der Waals surface area contributed by atoms with Gasteiger partial charge >= 0.3 is 12.1 Å². The molecule has 2 fully saturated rings. The Bertz CT molecular complexity index is 850. The molecule has 3 heterocycles. The standard InChI is InChI=1S/C16H27N3O4S.C2HF3O2/c1-13-10-14(17-23-13)11-18-8-6-16(7-9-18)5-4-15(12-22-2)19(16)24(3,20)21;3-2(4,5)1(6)7/h10,15H,4-9,11-12H2,1-3H3;(H,6,7). The Morgan fingerprint density at radius 2 is 1.94 bits per heavy atom. The number of likely N-dealkylation sites (tertiary alicyclic amines) is 1. The number of halogens is 3. The lowest BCUT2D eigenvalue weighted by atomic mass is 9.86. The number of carboxylic acids is 1. The monoisotopic (exact) mass is 471 g/mol. The third-order valence-corrected chi connectivity index (χ3v) is 6.95. The van der Waals surface area contributed by atoms with Crippen LogP contribution in [0.3, 0.4) is 0 Å². The number of aromatic nitrogens is 1. The minimum atomic E-state index is -5.08. The normalized spacial score (nSPS) is 22.3. The Morgan fingerprint density at radius 3 is 2.35 bits per heavy atom. The highest BCUT2D eigenvalue weighted by Gasteiger charge is 2.51. The topological polar surface area (TPSA) is 113 Å². The van der Waals surface area contributed by atoms with Crippen LogP contribution in [0.4, 0.5) is 13.2 Å². The van der Waals surface area contributed by atoms with Crippen LogP contribution in [0, 0.1) is 6.92 Å². The van der Waals surface area contributed by atoms with Crippen LogP contribution in [0.5, 0.6) is 0 Å². The third-order valence-electron chi connectivity index (χ3n) is 5.55. The molecule has 0 bridgehead atoms. The van der Waals surface area contributed by atoms with Crippen LogP contribution in [-0.4, -0.2) is 84.7 Å². The molecule has 1 aromatic rings. The van der Waals surface area contributed by atoms with Crippen molar-refractivity contribution in [1.82, 2.24) is 14.4 Å². The van der Waals surface area contributed by atoms with E-state index in [1.807, 2.05) is 13.0 Å². The molecule has 178 valence electrons. The first-order valence-electron chi connectivity index (χ1n) is 9.71. The van der Waals surface area contributed by atoms with Crippen LogP contribution >= 0.6 is 0 Å². The molecule has 13 heteroatoms. The molecule has 1 spiro atoms. The molecule has 9 nitrogen and oxygen atoms in total. The number of nitrogens with zero attached hydrogens (tertiary/aromatic N) is 3. The molecule has 0 saturated carbocycles. The van der Waals surface area contributed by atoms with Gasteiger partial charge in [-0.25, -0.2) is 13.2 Å². The first kappa shape index (κ1) is 25.6. The van der Waals surface area contributed by atoms with Gasteiger partial charge in [-0.3, -0.25) is 4.90 Å². The van der Waals surface area contributed by atoms with Crippen molar-refractivity contribution in [2.75, 3.05) is 33.1 Å². The summed E-state index contributed by atoms with van der Waals surface area (Å²) in [5.41, 5.74) is 0.694. The van der Waals surface area contributed by atoms with E-state index in [4.69, 9.17) is 19.2 Å². The van der Waals surface area contributed by atoms with Gasteiger partial charge in [0.15, 0.2) is 0 Å². The number of aryl methyl sites for hydroxylation is 1. The molecule has 3 rings (SSSR count). The van der Waals surface area contributed by atoms with E-state index >= 15 is 0 Å². The number of carboxylic acid groups (broad SMARTS) is 1. The van der Waals surface area contributed by atoms with Crippen molar-refractivity contribution in [2.24, 2.45) is 0 Å². The summed E-state index contributed by atoms with van der Waals surface area (Å²) in [6.07, 6.45) is -0.240. The fraction of sp³-hybridized carbons (Fsp3) is 0.778. The number of alkyl halides is 3. The molecule has 0 amide bonds. The fourth-order valence-corrected chi connectivity index (χ4v) is 6.02. The molecule has 0 aromatic carbocycles. The zero-order valence-corrected chi connectivity index (χ0v) is 18.5. The lowest BCUT2D eigenvalue weighted by Crippen LogP contribution is -2.56. The minimum Gasteiger partial charge on any atom is -0.475 e. The molecule has 0 aliphatic carbocycles. The maximum absolute atomic E-state index is 12.4. The molecular weight excluding hydrogens is 443 g/mol. The second-order valence-corrected chi connectivity index (χ2v) is 9.80. The largest absolute Gasteiger partial charge is 0.490 e. The van der Waals surface area contributed by atoms with Gasteiger partial charge in [-0.2, -0.15) is 17.5 Å². The highest BCUT2D eigenvalue weighted by Crippen LogP contribution is 2.43. The van der Waals surface area contributed by atoms with Crippen molar-refractivity contribution >= 4 is 16.0 Å². The van der Waals surface area contributed by atoms with E-state index in [0.717, 1.165) is 56.8 Å². The van der Waals surface area contributed by atoms with Crippen LogP contribution in [0.15, 0.2) is 10.6 Å². The van der Waals surface area contributed by atoms with Crippen molar-refractivity contribution in [1.29, 1.82) is 0 Å². The van der Waals surface area contributed by atoms with Crippen LogP contribution < -0.4 is 0 Å². The molecule has 1 aromatic heterocycles. The first-order chi connectivity index (χ1) is 14.3. The van der Waals surface area contributed by atoms with Crippen molar-refractivity contribution in [3.8, 4) is 0 Å². The molecule has 31 heavy (non-hydrogen) atoms. The van der Waals surface area contributed by atoms with Gasteiger partial charge in [-0.15, -0.1) is 0 Å². The average molecular weight is 471 g/mol.